The van der Waals surface area contributed by atoms with Gasteiger partial charge >= 0.3 is 0 Å². The Hall–Kier alpha value is -1.95. The molecule has 6 nitrogen and oxygen atoms in total. The van der Waals surface area contributed by atoms with Crippen LogP contribution in [0, 0.1) is 0 Å². The quantitative estimate of drug-likeness (QED) is 0.631. The van der Waals surface area contributed by atoms with Crippen molar-refractivity contribution >= 4 is 17.5 Å². The molecular weight excluding hydrogens is 222 g/mol. The summed E-state index contributed by atoms with van der Waals surface area (Å²) >= 11 is 0. The largest absolute Gasteiger partial charge is 0.392 e. The normalized spacial score (nSPS) is 19.9. The first kappa shape index (κ1) is 11.5. The van der Waals surface area contributed by atoms with Crippen molar-refractivity contribution in [1.82, 2.24) is 10.3 Å². The van der Waals surface area contributed by atoms with E-state index >= 15 is 0 Å². The molecule has 1 fully saturated rings. The highest BCUT2D eigenvalue weighted by atomic mass is 16.3. The fraction of sp³-hybridized carbons (Fsp3) is 0.364. The summed E-state index contributed by atoms with van der Waals surface area (Å²) in [5, 5.41) is 14.4. The van der Waals surface area contributed by atoms with Crippen LogP contribution in [0.3, 0.4) is 0 Å². The lowest BCUT2D eigenvalue weighted by Crippen LogP contribution is -2.47. The van der Waals surface area contributed by atoms with Gasteiger partial charge in [0.2, 0.25) is 11.8 Å². The SMILES string of the molecule is O=C1CCC(Nc2cnccc2CO)C(=O)N1. The van der Waals surface area contributed by atoms with E-state index in [1.165, 1.54) is 0 Å². The first-order valence-corrected chi connectivity index (χ1v) is 5.34. The van der Waals surface area contributed by atoms with Gasteiger partial charge in [0.15, 0.2) is 0 Å². The van der Waals surface area contributed by atoms with Gasteiger partial charge in [0.1, 0.15) is 6.04 Å². The van der Waals surface area contributed by atoms with Gasteiger partial charge in [-0.3, -0.25) is 19.9 Å². The molecule has 1 aliphatic rings. The number of pyridine rings is 1. The fourth-order valence-electron chi connectivity index (χ4n) is 1.71. The number of piperidine rings is 1. The van der Waals surface area contributed by atoms with E-state index in [1.807, 2.05) is 0 Å². The zero-order valence-corrected chi connectivity index (χ0v) is 9.14. The molecule has 1 aliphatic heterocycles. The van der Waals surface area contributed by atoms with Gasteiger partial charge in [-0.05, 0) is 12.5 Å². The Bertz CT molecular complexity index is 447. The van der Waals surface area contributed by atoms with E-state index in [-0.39, 0.29) is 18.4 Å². The average Bonchev–Trinajstić information content (AvgIpc) is 2.33. The molecule has 0 bridgehead atoms. The summed E-state index contributed by atoms with van der Waals surface area (Å²) in [5.41, 5.74) is 1.29. The van der Waals surface area contributed by atoms with Crippen LogP contribution >= 0.6 is 0 Å². The second kappa shape index (κ2) is 4.92. The van der Waals surface area contributed by atoms with Crippen molar-refractivity contribution < 1.29 is 14.7 Å². The molecule has 6 heteroatoms. The number of hydrogen-bond acceptors (Lipinski definition) is 5. The highest BCUT2D eigenvalue weighted by Crippen LogP contribution is 2.17. The first-order valence-electron chi connectivity index (χ1n) is 5.34. The number of carbonyl (C=O) groups is 2. The second-order valence-electron chi connectivity index (χ2n) is 3.84. The molecular formula is C11H13N3O3. The second-order valence-corrected chi connectivity index (χ2v) is 3.84. The van der Waals surface area contributed by atoms with Crippen LogP contribution in [0.15, 0.2) is 18.5 Å². The summed E-state index contributed by atoms with van der Waals surface area (Å²) in [6.07, 6.45) is 3.89. The van der Waals surface area contributed by atoms with Crippen LogP contribution in [0.4, 0.5) is 5.69 Å². The standard InChI is InChI=1S/C11H13N3O3/c15-6-7-3-4-12-5-9(7)13-8-1-2-10(16)14-11(8)17/h3-5,8,13,15H,1-2,6H2,(H,14,16,17). The molecule has 0 radical (unpaired) electrons. The molecule has 2 heterocycles. The van der Waals surface area contributed by atoms with E-state index in [4.69, 9.17) is 5.11 Å². The predicted molar refractivity (Wildman–Crippen MR) is 60.0 cm³/mol. The van der Waals surface area contributed by atoms with Crippen molar-refractivity contribution in [3.63, 3.8) is 0 Å². The number of rotatable bonds is 3. The zero-order chi connectivity index (χ0) is 12.3. The molecule has 1 saturated heterocycles. The number of carbonyl (C=O) groups excluding carboxylic acids is 2. The number of imide groups is 1. The van der Waals surface area contributed by atoms with Gasteiger partial charge in [-0.1, -0.05) is 0 Å². The number of amides is 2. The molecule has 0 aliphatic carbocycles. The topological polar surface area (TPSA) is 91.3 Å². The summed E-state index contributed by atoms with van der Waals surface area (Å²) in [6, 6.07) is 1.22. The van der Waals surface area contributed by atoms with Gasteiger partial charge in [-0.2, -0.15) is 0 Å². The number of aliphatic hydroxyl groups excluding tert-OH is 1. The Morgan fingerprint density at radius 1 is 1.53 bits per heavy atom. The van der Waals surface area contributed by atoms with Gasteiger partial charge < -0.3 is 10.4 Å². The van der Waals surface area contributed by atoms with E-state index < -0.39 is 6.04 Å². The summed E-state index contributed by atoms with van der Waals surface area (Å²) in [5.74, 6) is -0.587. The third-order valence-electron chi connectivity index (χ3n) is 2.65. The summed E-state index contributed by atoms with van der Waals surface area (Å²) in [6.45, 7) is -0.127. The molecule has 0 aromatic carbocycles. The van der Waals surface area contributed by atoms with Gasteiger partial charge in [-0.25, -0.2) is 0 Å². The molecule has 1 atom stereocenters. The lowest BCUT2D eigenvalue weighted by molar-refractivity contribution is -0.133. The molecule has 0 spiro atoms. The molecule has 90 valence electrons. The smallest absolute Gasteiger partial charge is 0.249 e. The monoisotopic (exact) mass is 235 g/mol. The van der Waals surface area contributed by atoms with Gasteiger partial charge in [0.25, 0.3) is 0 Å². The van der Waals surface area contributed by atoms with Crippen LogP contribution in [0.1, 0.15) is 18.4 Å². The van der Waals surface area contributed by atoms with Crippen molar-refractivity contribution in [2.75, 3.05) is 5.32 Å². The van der Waals surface area contributed by atoms with Crippen LogP contribution in [0.25, 0.3) is 0 Å². The maximum Gasteiger partial charge on any atom is 0.249 e. The number of nitrogens with zero attached hydrogens (tertiary/aromatic N) is 1. The molecule has 1 aromatic rings. The van der Waals surface area contributed by atoms with Crippen LogP contribution in [0.2, 0.25) is 0 Å². The van der Waals surface area contributed by atoms with Crippen LogP contribution in [-0.2, 0) is 16.2 Å². The third-order valence-corrected chi connectivity index (χ3v) is 2.65. The highest BCUT2D eigenvalue weighted by Gasteiger charge is 2.26. The number of nitrogens with one attached hydrogen (secondary N) is 2. The van der Waals surface area contributed by atoms with E-state index in [0.29, 0.717) is 24.1 Å². The Labute approximate surface area is 98.1 Å². The van der Waals surface area contributed by atoms with Crippen LogP contribution in [0.5, 0.6) is 0 Å². The first-order chi connectivity index (χ1) is 8.20. The molecule has 2 rings (SSSR count). The highest BCUT2D eigenvalue weighted by molar-refractivity contribution is 6.01. The minimum Gasteiger partial charge on any atom is -0.392 e. The number of aliphatic hydroxyl groups is 1. The maximum atomic E-state index is 11.5. The molecule has 2 amide bonds. The Balaban J connectivity index is 2.10. The Morgan fingerprint density at radius 3 is 3.06 bits per heavy atom. The van der Waals surface area contributed by atoms with Crippen molar-refractivity contribution in [1.29, 1.82) is 0 Å². The summed E-state index contributed by atoms with van der Waals surface area (Å²) < 4.78 is 0. The molecule has 17 heavy (non-hydrogen) atoms. The zero-order valence-electron chi connectivity index (χ0n) is 9.14. The van der Waals surface area contributed by atoms with E-state index in [1.54, 1.807) is 18.5 Å². The van der Waals surface area contributed by atoms with Crippen LogP contribution in [-0.4, -0.2) is 27.9 Å². The molecule has 1 unspecified atom stereocenters. The predicted octanol–water partition coefficient (Wildman–Crippen LogP) is -0.209. The Morgan fingerprint density at radius 2 is 2.35 bits per heavy atom. The van der Waals surface area contributed by atoms with Crippen molar-refractivity contribution in [3.05, 3.63) is 24.0 Å². The van der Waals surface area contributed by atoms with E-state index in [2.05, 4.69) is 15.6 Å². The minimum absolute atomic E-state index is 0.127. The fourth-order valence-corrected chi connectivity index (χ4v) is 1.71. The molecule has 0 saturated carbocycles. The minimum atomic E-state index is -0.456. The van der Waals surface area contributed by atoms with Crippen molar-refractivity contribution in [2.24, 2.45) is 0 Å². The van der Waals surface area contributed by atoms with Gasteiger partial charge in [-0.15, -0.1) is 0 Å². The van der Waals surface area contributed by atoms with Crippen molar-refractivity contribution in [2.45, 2.75) is 25.5 Å². The lowest BCUT2D eigenvalue weighted by atomic mass is 10.1. The van der Waals surface area contributed by atoms with E-state index in [9.17, 15) is 9.59 Å². The lowest BCUT2D eigenvalue weighted by Gasteiger charge is -2.23. The summed E-state index contributed by atoms with van der Waals surface area (Å²) in [7, 11) is 0. The number of anilines is 1. The van der Waals surface area contributed by atoms with Gasteiger partial charge in [0.05, 0.1) is 18.5 Å². The number of aromatic nitrogens is 1. The average molecular weight is 235 g/mol. The third kappa shape index (κ3) is 2.59. The van der Waals surface area contributed by atoms with Crippen LogP contribution < -0.4 is 10.6 Å². The van der Waals surface area contributed by atoms with E-state index in [0.717, 1.165) is 0 Å². The number of hydrogen-bond donors (Lipinski definition) is 3. The maximum absolute atomic E-state index is 11.5. The Kier molecular flexibility index (Phi) is 3.34. The van der Waals surface area contributed by atoms with Gasteiger partial charge in [0, 0.05) is 18.2 Å². The molecule has 1 aromatic heterocycles. The molecule has 3 N–H and O–H groups in total. The van der Waals surface area contributed by atoms with Crippen molar-refractivity contribution in [3.8, 4) is 0 Å². The summed E-state index contributed by atoms with van der Waals surface area (Å²) in [4.78, 5) is 26.4.